The Labute approximate surface area is 190 Å². The normalized spacial score (nSPS) is 15.5. The maximum atomic E-state index is 6.13. The van der Waals surface area contributed by atoms with Crippen LogP contribution >= 0.6 is 0 Å². The Morgan fingerprint density at radius 3 is 2.69 bits per heavy atom. The fraction of sp³-hybridized carbons (Fsp3) is 0.423. The van der Waals surface area contributed by atoms with Crippen LogP contribution in [0, 0.1) is 0 Å². The summed E-state index contributed by atoms with van der Waals surface area (Å²) in [6.45, 7) is 8.66. The van der Waals surface area contributed by atoms with Gasteiger partial charge in [-0.3, -0.25) is 4.98 Å². The molecule has 1 atom stereocenters. The lowest BCUT2D eigenvalue weighted by Crippen LogP contribution is -2.35. The van der Waals surface area contributed by atoms with E-state index < -0.39 is 0 Å². The molecule has 0 radical (unpaired) electrons. The second-order valence-corrected chi connectivity index (χ2v) is 8.06. The van der Waals surface area contributed by atoms with Gasteiger partial charge in [-0.15, -0.1) is 0 Å². The minimum atomic E-state index is 0.181. The number of ether oxygens (including phenoxy) is 2. The van der Waals surface area contributed by atoms with Crippen LogP contribution in [0.1, 0.15) is 49.2 Å². The average Bonchev–Trinajstić information content (AvgIpc) is 2.84. The lowest BCUT2D eigenvalue weighted by molar-refractivity contribution is 0.146. The van der Waals surface area contributed by atoms with E-state index in [-0.39, 0.29) is 6.04 Å². The summed E-state index contributed by atoms with van der Waals surface area (Å²) in [7, 11) is 1.70. The smallest absolute Gasteiger partial charge is 0.178 e. The minimum absolute atomic E-state index is 0.181. The van der Waals surface area contributed by atoms with Crippen molar-refractivity contribution < 1.29 is 9.47 Å². The van der Waals surface area contributed by atoms with Crippen molar-refractivity contribution in [3.8, 4) is 17.3 Å². The topological polar surface area (TPSA) is 60.4 Å². The van der Waals surface area contributed by atoms with Gasteiger partial charge in [0.05, 0.1) is 18.3 Å². The zero-order chi connectivity index (χ0) is 22.5. The standard InChI is InChI=1S/C26H32N4O2/c1-5-19-15-20(16-25(21(19)6-2)32-14-13-31-4)30-12-10-23-22(18(30)3)17-28-26(29-23)24-9-7-8-11-27-24/h7-9,11,15-18H,5-6,10,12-14H2,1-4H3/t18-/m1/s1. The highest BCUT2D eigenvalue weighted by Crippen LogP contribution is 2.37. The highest BCUT2D eigenvalue weighted by molar-refractivity contribution is 5.60. The van der Waals surface area contributed by atoms with Crippen LogP contribution in [-0.4, -0.2) is 41.8 Å². The van der Waals surface area contributed by atoms with Crippen molar-refractivity contribution in [1.82, 2.24) is 15.0 Å². The number of fused-ring (bicyclic) bond motifs is 1. The van der Waals surface area contributed by atoms with Gasteiger partial charge in [-0.25, -0.2) is 9.97 Å². The number of rotatable bonds is 8. The lowest BCUT2D eigenvalue weighted by Gasteiger charge is -2.37. The van der Waals surface area contributed by atoms with Crippen LogP contribution in [0.3, 0.4) is 0 Å². The summed E-state index contributed by atoms with van der Waals surface area (Å²) in [6, 6.07) is 10.5. The number of methoxy groups -OCH3 is 1. The van der Waals surface area contributed by atoms with Gasteiger partial charge < -0.3 is 14.4 Å². The Morgan fingerprint density at radius 1 is 1.09 bits per heavy atom. The Balaban J connectivity index is 1.64. The van der Waals surface area contributed by atoms with Crippen molar-refractivity contribution in [3.05, 3.63) is 65.1 Å². The largest absolute Gasteiger partial charge is 0.491 e. The maximum absolute atomic E-state index is 6.13. The van der Waals surface area contributed by atoms with E-state index in [0.717, 1.165) is 42.9 Å². The van der Waals surface area contributed by atoms with Crippen molar-refractivity contribution in [2.75, 3.05) is 31.8 Å². The third-order valence-electron chi connectivity index (χ3n) is 6.20. The summed E-state index contributed by atoms with van der Waals surface area (Å²) < 4.78 is 11.3. The molecule has 0 spiro atoms. The molecule has 1 aliphatic heterocycles. The summed E-state index contributed by atoms with van der Waals surface area (Å²) in [6.07, 6.45) is 6.56. The van der Waals surface area contributed by atoms with Crippen LogP contribution in [0.4, 0.5) is 5.69 Å². The van der Waals surface area contributed by atoms with Crippen LogP contribution in [0.5, 0.6) is 5.75 Å². The van der Waals surface area contributed by atoms with E-state index in [9.17, 15) is 0 Å². The third-order valence-corrected chi connectivity index (χ3v) is 6.20. The molecule has 0 aliphatic carbocycles. The predicted octanol–water partition coefficient (Wildman–Crippen LogP) is 4.81. The van der Waals surface area contributed by atoms with Gasteiger partial charge in [0.15, 0.2) is 5.82 Å². The zero-order valence-electron chi connectivity index (χ0n) is 19.5. The van der Waals surface area contributed by atoms with Gasteiger partial charge in [0, 0.05) is 49.8 Å². The first-order chi connectivity index (χ1) is 15.7. The van der Waals surface area contributed by atoms with Gasteiger partial charge >= 0.3 is 0 Å². The number of hydrogen-bond donors (Lipinski definition) is 0. The van der Waals surface area contributed by atoms with Crippen LogP contribution in [-0.2, 0) is 24.0 Å². The van der Waals surface area contributed by atoms with Crippen LogP contribution < -0.4 is 9.64 Å². The molecular weight excluding hydrogens is 400 g/mol. The fourth-order valence-electron chi connectivity index (χ4n) is 4.47. The van der Waals surface area contributed by atoms with E-state index in [1.54, 1.807) is 13.3 Å². The summed E-state index contributed by atoms with van der Waals surface area (Å²) in [5, 5.41) is 0. The van der Waals surface area contributed by atoms with E-state index in [4.69, 9.17) is 14.5 Å². The van der Waals surface area contributed by atoms with Gasteiger partial charge in [-0.05, 0) is 49.1 Å². The molecular formula is C26H32N4O2. The highest BCUT2D eigenvalue weighted by Gasteiger charge is 2.27. The number of aryl methyl sites for hydroxylation is 1. The molecule has 0 amide bonds. The Morgan fingerprint density at radius 2 is 1.97 bits per heavy atom. The van der Waals surface area contributed by atoms with E-state index in [1.807, 2.05) is 24.4 Å². The second kappa shape index (κ2) is 10.1. The zero-order valence-corrected chi connectivity index (χ0v) is 19.5. The molecule has 0 unspecified atom stereocenters. The average molecular weight is 433 g/mol. The first-order valence-electron chi connectivity index (χ1n) is 11.5. The fourth-order valence-corrected chi connectivity index (χ4v) is 4.47. The van der Waals surface area contributed by atoms with Gasteiger partial charge in [0.25, 0.3) is 0 Å². The molecule has 3 aromatic rings. The van der Waals surface area contributed by atoms with Crippen LogP contribution in [0.2, 0.25) is 0 Å². The molecule has 2 aromatic heterocycles. The monoisotopic (exact) mass is 432 g/mol. The predicted molar refractivity (Wildman–Crippen MR) is 127 cm³/mol. The molecule has 0 N–H and O–H groups in total. The Hall–Kier alpha value is -2.99. The quantitative estimate of drug-likeness (QED) is 0.476. The SMILES string of the molecule is CCc1cc(N2CCc3nc(-c4ccccn4)ncc3[C@H]2C)cc(OCCOC)c1CC. The van der Waals surface area contributed by atoms with Gasteiger partial charge in [-0.1, -0.05) is 19.9 Å². The summed E-state index contributed by atoms with van der Waals surface area (Å²) >= 11 is 0. The lowest BCUT2D eigenvalue weighted by atomic mass is 9.96. The first-order valence-corrected chi connectivity index (χ1v) is 11.5. The van der Waals surface area contributed by atoms with Gasteiger partial charge in [0.2, 0.25) is 0 Å². The number of nitrogens with zero attached hydrogens (tertiary/aromatic N) is 4. The van der Waals surface area contributed by atoms with Crippen LogP contribution in [0.25, 0.3) is 11.5 Å². The molecule has 0 saturated carbocycles. The molecule has 0 bridgehead atoms. The molecule has 0 saturated heterocycles. The van der Waals surface area contributed by atoms with Crippen molar-refractivity contribution in [2.24, 2.45) is 0 Å². The van der Waals surface area contributed by atoms with E-state index in [1.165, 1.54) is 22.4 Å². The summed E-state index contributed by atoms with van der Waals surface area (Å²) in [4.78, 5) is 16.3. The second-order valence-electron chi connectivity index (χ2n) is 8.06. The number of aromatic nitrogens is 3. The molecule has 168 valence electrons. The van der Waals surface area contributed by atoms with Crippen molar-refractivity contribution in [1.29, 1.82) is 0 Å². The van der Waals surface area contributed by atoms with E-state index in [0.29, 0.717) is 19.0 Å². The number of hydrogen-bond acceptors (Lipinski definition) is 6. The minimum Gasteiger partial charge on any atom is -0.491 e. The van der Waals surface area contributed by atoms with E-state index >= 15 is 0 Å². The number of anilines is 1. The maximum Gasteiger partial charge on any atom is 0.178 e. The van der Waals surface area contributed by atoms with Crippen molar-refractivity contribution >= 4 is 5.69 Å². The summed E-state index contributed by atoms with van der Waals surface area (Å²) in [5.41, 5.74) is 6.93. The molecule has 6 nitrogen and oxygen atoms in total. The van der Waals surface area contributed by atoms with E-state index in [2.05, 4.69) is 47.8 Å². The Kier molecular flexibility index (Phi) is 7.00. The van der Waals surface area contributed by atoms with Gasteiger partial charge in [0.1, 0.15) is 18.1 Å². The van der Waals surface area contributed by atoms with Gasteiger partial charge in [-0.2, -0.15) is 0 Å². The molecule has 0 fully saturated rings. The molecule has 1 aliphatic rings. The van der Waals surface area contributed by atoms with Crippen molar-refractivity contribution in [2.45, 2.75) is 46.1 Å². The summed E-state index contributed by atoms with van der Waals surface area (Å²) in [5.74, 6) is 1.66. The molecule has 3 heterocycles. The number of benzene rings is 1. The Bertz CT molecular complexity index is 1060. The number of pyridine rings is 1. The molecule has 4 rings (SSSR count). The molecule has 32 heavy (non-hydrogen) atoms. The third kappa shape index (κ3) is 4.46. The first kappa shape index (κ1) is 22.2. The molecule has 6 heteroatoms. The molecule has 1 aromatic carbocycles. The van der Waals surface area contributed by atoms with Crippen molar-refractivity contribution in [3.63, 3.8) is 0 Å². The van der Waals surface area contributed by atoms with Crippen LogP contribution in [0.15, 0.2) is 42.7 Å². The highest BCUT2D eigenvalue weighted by atomic mass is 16.5.